The molecule has 1 aliphatic heterocycles. The van der Waals surface area contributed by atoms with Gasteiger partial charge in [0.25, 0.3) is 0 Å². The summed E-state index contributed by atoms with van der Waals surface area (Å²) in [6, 6.07) is 12.1. The van der Waals surface area contributed by atoms with Crippen LogP contribution in [0.2, 0.25) is 0 Å². The molecule has 0 amide bonds. The fourth-order valence-corrected chi connectivity index (χ4v) is 4.91. The molecule has 2 aromatic carbocycles. The number of benzene rings is 2. The third kappa shape index (κ3) is 6.31. The number of halogens is 3. The number of ether oxygens (including phenoxy) is 2. The molecule has 1 unspecified atom stereocenters. The first-order valence-electron chi connectivity index (χ1n) is 12.4. The Bertz CT molecular complexity index is 1490. The number of nitriles is 1. The average molecular weight is 571 g/mol. The second kappa shape index (κ2) is 11.9. The van der Waals surface area contributed by atoms with Crippen LogP contribution in [-0.2, 0) is 27.2 Å². The molecule has 0 fully saturated rings. The highest BCUT2D eigenvalue weighted by molar-refractivity contribution is 7.09. The SMILES string of the molecule is CCc1c(CCN2C=CC2C(=O)OC(=O)C(F)(F)F)cccc1-c1nsc(-c2ccc(OC(C)C)c(C#N)c2)n1. The number of esters is 2. The van der Waals surface area contributed by atoms with Crippen LogP contribution in [0.1, 0.15) is 37.5 Å². The summed E-state index contributed by atoms with van der Waals surface area (Å²) in [5, 5.41) is 10.2. The van der Waals surface area contributed by atoms with E-state index in [1.165, 1.54) is 22.5 Å². The normalized spacial score (nSPS) is 14.6. The van der Waals surface area contributed by atoms with Crippen molar-refractivity contribution < 1.29 is 32.2 Å². The van der Waals surface area contributed by atoms with Crippen LogP contribution in [0, 0.1) is 11.3 Å². The Hall–Kier alpha value is -4.24. The van der Waals surface area contributed by atoms with Crippen LogP contribution in [0.5, 0.6) is 5.75 Å². The van der Waals surface area contributed by atoms with Gasteiger partial charge in [0.2, 0.25) is 0 Å². The lowest BCUT2D eigenvalue weighted by molar-refractivity contribution is -0.203. The molecule has 2 heterocycles. The fourth-order valence-electron chi connectivity index (χ4n) is 4.23. The standard InChI is InChI=1S/C28H25F3N4O4S/c1-4-20-17(10-12-35-13-11-22(35)26(36)39-27(37)28(29,30)31)6-5-7-21(20)24-33-25(40-34-24)18-8-9-23(38-16(2)3)19(14-18)15-32/h5-9,11,13-14,16,22H,4,10,12H2,1-3H3. The van der Waals surface area contributed by atoms with E-state index in [-0.39, 0.29) is 6.10 Å². The highest BCUT2D eigenvalue weighted by Gasteiger charge is 2.44. The molecule has 12 heteroatoms. The fraction of sp³-hybridized carbons (Fsp3) is 0.321. The summed E-state index contributed by atoms with van der Waals surface area (Å²) in [5.41, 5.74) is 3.97. The highest BCUT2D eigenvalue weighted by Crippen LogP contribution is 2.32. The molecule has 40 heavy (non-hydrogen) atoms. The van der Waals surface area contributed by atoms with Crippen LogP contribution < -0.4 is 4.74 Å². The second-order valence-electron chi connectivity index (χ2n) is 9.19. The molecule has 0 saturated carbocycles. The average Bonchev–Trinajstić information content (AvgIpc) is 3.37. The van der Waals surface area contributed by atoms with Crippen LogP contribution in [0.4, 0.5) is 13.2 Å². The molecule has 0 radical (unpaired) electrons. The van der Waals surface area contributed by atoms with E-state index < -0.39 is 24.2 Å². The van der Waals surface area contributed by atoms with Crippen molar-refractivity contribution in [3.05, 3.63) is 65.4 Å². The van der Waals surface area contributed by atoms with Gasteiger partial charge < -0.3 is 14.4 Å². The Balaban J connectivity index is 1.49. The van der Waals surface area contributed by atoms with Crippen molar-refractivity contribution in [1.82, 2.24) is 14.3 Å². The van der Waals surface area contributed by atoms with E-state index in [2.05, 4.69) is 15.2 Å². The van der Waals surface area contributed by atoms with Gasteiger partial charge in [-0.05, 0) is 79.8 Å². The van der Waals surface area contributed by atoms with E-state index in [1.807, 2.05) is 45.0 Å². The Labute approximate surface area is 232 Å². The molecular weight excluding hydrogens is 545 g/mol. The third-order valence-corrected chi connectivity index (χ3v) is 6.89. The van der Waals surface area contributed by atoms with Crippen LogP contribution in [0.15, 0.2) is 48.7 Å². The molecule has 8 nitrogen and oxygen atoms in total. The predicted molar refractivity (Wildman–Crippen MR) is 141 cm³/mol. The van der Waals surface area contributed by atoms with Crippen LogP contribution >= 0.6 is 11.5 Å². The smallest absolute Gasteiger partial charge is 0.490 e. The van der Waals surface area contributed by atoms with Crippen molar-refractivity contribution in [3.8, 4) is 33.8 Å². The molecule has 0 N–H and O–H groups in total. The Morgan fingerprint density at radius 2 is 2.00 bits per heavy atom. The van der Waals surface area contributed by atoms with E-state index in [0.717, 1.165) is 22.3 Å². The molecule has 208 valence electrons. The summed E-state index contributed by atoms with van der Waals surface area (Å²) in [4.78, 5) is 29.3. The molecule has 1 aromatic heterocycles. The highest BCUT2D eigenvalue weighted by atomic mass is 32.1. The lowest BCUT2D eigenvalue weighted by Gasteiger charge is -2.33. The number of carbonyl (C=O) groups is 2. The Kier molecular flexibility index (Phi) is 8.54. The van der Waals surface area contributed by atoms with Crippen molar-refractivity contribution in [2.24, 2.45) is 0 Å². The number of hydrogen-bond donors (Lipinski definition) is 0. The van der Waals surface area contributed by atoms with Crippen molar-refractivity contribution in [2.45, 2.75) is 51.9 Å². The van der Waals surface area contributed by atoms with Crippen molar-refractivity contribution >= 4 is 23.5 Å². The first-order chi connectivity index (χ1) is 19.0. The molecule has 1 atom stereocenters. The zero-order valence-electron chi connectivity index (χ0n) is 21.9. The largest absolute Gasteiger partial charge is 0.491 e. The topological polar surface area (TPSA) is 105 Å². The zero-order valence-corrected chi connectivity index (χ0v) is 22.7. The molecular formula is C28H25F3N4O4S. The van der Waals surface area contributed by atoms with Crippen molar-refractivity contribution in [1.29, 1.82) is 5.26 Å². The third-order valence-electron chi connectivity index (χ3n) is 6.13. The minimum absolute atomic E-state index is 0.0683. The van der Waals surface area contributed by atoms with Gasteiger partial charge in [-0.15, -0.1) is 0 Å². The Morgan fingerprint density at radius 1 is 1.23 bits per heavy atom. The summed E-state index contributed by atoms with van der Waals surface area (Å²) in [5.74, 6) is -2.75. The van der Waals surface area contributed by atoms with Gasteiger partial charge >= 0.3 is 18.1 Å². The number of hydrogen-bond acceptors (Lipinski definition) is 9. The first-order valence-corrected chi connectivity index (χ1v) is 13.2. The molecule has 1 aliphatic rings. The van der Waals surface area contributed by atoms with Gasteiger partial charge in [-0.1, -0.05) is 25.1 Å². The van der Waals surface area contributed by atoms with Crippen molar-refractivity contribution in [2.75, 3.05) is 6.54 Å². The number of rotatable bonds is 9. The van der Waals surface area contributed by atoms with Gasteiger partial charge in [0, 0.05) is 17.7 Å². The minimum Gasteiger partial charge on any atom is -0.490 e. The van der Waals surface area contributed by atoms with Gasteiger partial charge in [0.1, 0.15) is 22.9 Å². The van der Waals surface area contributed by atoms with E-state index in [0.29, 0.717) is 41.5 Å². The van der Waals surface area contributed by atoms with Gasteiger partial charge in [-0.2, -0.15) is 22.8 Å². The van der Waals surface area contributed by atoms with Gasteiger partial charge in [-0.3, -0.25) is 0 Å². The predicted octanol–water partition coefficient (Wildman–Crippen LogP) is 5.47. The van der Waals surface area contributed by atoms with E-state index in [4.69, 9.17) is 9.72 Å². The van der Waals surface area contributed by atoms with Gasteiger partial charge in [0.15, 0.2) is 5.82 Å². The maximum atomic E-state index is 12.4. The summed E-state index contributed by atoms with van der Waals surface area (Å²) in [6.07, 6.45) is -1.21. The number of aromatic nitrogens is 2. The number of nitrogens with zero attached hydrogens (tertiary/aromatic N) is 4. The maximum Gasteiger partial charge on any atom is 0.491 e. The van der Waals surface area contributed by atoms with E-state index in [9.17, 15) is 28.0 Å². The first kappa shape index (κ1) is 28.8. The van der Waals surface area contributed by atoms with E-state index in [1.54, 1.807) is 18.3 Å². The van der Waals surface area contributed by atoms with Gasteiger partial charge in [0.05, 0.1) is 11.7 Å². The molecule has 0 saturated heterocycles. The van der Waals surface area contributed by atoms with Crippen LogP contribution in [0.25, 0.3) is 22.0 Å². The summed E-state index contributed by atoms with van der Waals surface area (Å²) < 4.78 is 51.5. The minimum atomic E-state index is -5.24. The lowest BCUT2D eigenvalue weighted by atomic mass is 9.95. The second-order valence-corrected chi connectivity index (χ2v) is 9.94. The van der Waals surface area contributed by atoms with Gasteiger partial charge in [-0.25, -0.2) is 14.6 Å². The summed E-state index contributed by atoms with van der Waals surface area (Å²) in [7, 11) is 0. The molecule has 0 bridgehead atoms. The monoisotopic (exact) mass is 570 g/mol. The molecule has 0 aliphatic carbocycles. The summed E-state index contributed by atoms with van der Waals surface area (Å²) in [6.45, 7) is 6.09. The van der Waals surface area contributed by atoms with E-state index >= 15 is 0 Å². The quantitative estimate of drug-likeness (QED) is 0.247. The molecule has 3 aromatic rings. The summed E-state index contributed by atoms with van der Waals surface area (Å²) >= 11 is 1.21. The number of alkyl halides is 3. The molecule has 4 rings (SSSR count). The maximum absolute atomic E-state index is 12.4. The van der Waals surface area contributed by atoms with Crippen LogP contribution in [0.3, 0.4) is 0 Å². The van der Waals surface area contributed by atoms with Crippen molar-refractivity contribution in [3.63, 3.8) is 0 Å². The molecule has 0 spiro atoms. The van der Waals surface area contributed by atoms with Crippen LogP contribution in [-0.4, -0.2) is 51.1 Å². The lowest BCUT2D eigenvalue weighted by Crippen LogP contribution is -2.46. The zero-order chi connectivity index (χ0) is 29.0. The Morgan fingerprint density at radius 3 is 2.62 bits per heavy atom. The number of carbonyl (C=O) groups excluding carboxylic acids is 2.